The maximum absolute atomic E-state index is 11.8. The minimum Gasteiger partial charge on any atom is -0.294 e. The summed E-state index contributed by atoms with van der Waals surface area (Å²) in [7, 11) is 0. The van der Waals surface area contributed by atoms with Crippen LogP contribution in [0.1, 0.15) is 28.8 Å². The molecule has 0 aliphatic carbocycles. The van der Waals surface area contributed by atoms with E-state index in [0.717, 1.165) is 22.2 Å². The van der Waals surface area contributed by atoms with E-state index in [4.69, 9.17) is 0 Å². The first-order valence-corrected chi connectivity index (χ1v) is 7.24. The number of ketones is 1. The number of aryl methyl sites for hydroxylation is 1. The van der Waals surface area contributed by atoms with Crippen molar-refractivity contribution in [2.45, 2.75) is 19.3 Å². The summed E-state index contributed by atoms with van der Waals surface area (Å²) in [6, 6.07) is 12.2. The molecule has 0 N–H and O–H groups in total. The van der Waals surface area contributed by atoms with Gasteiger partial charge in [-0.2, -0.15) is 0 Å². The number of hydrogen-bond donors (Lipinski definition) is 0. The first-order chi connectivity index (χ1) is 8.25. The second kappa shape index (κ2) is 6.12. The molecule has 0 fully saturated rings. The quantitative estimate of drug-likeness (QED) is 0.731. The molecule has 0 amide bonds. The van der Waals surface area contributed by atoms with Crippen LogP contribution in [0.2, 0.25) is 0 Å². The highest BCUT2D eigenvalue weighted by molar-refractivity contribution is 9.11. The number of Topliss-reactive ketones (excluding diaryl/α,β-unsaturated/α-hetero) is 1. The second-order valence-electron chi connectivity index (χ2n) is 3.90. The van der Waals surface area contributed by atoms with Crippen molar-refractivity contribution in [3.05, 3.63) is 56.7 Å². The minimum atomic E-state index is 0.239. The highest BCUT2D eigenvalue weighted by Gasteiger charge is 2.07. The Morgan fingerprint density at radius 2 is 2.00 bits per heavy atom. The Bertz CT molecular complexity index is 490. The summed E-state index contributed by atoms with van der Waals surface area (Å²) in [5.41, 5.74) is 2.13. The molecule has 0 atom stereocenters. The van der Waals surface area contributed by atoms with E-state index in [1.54, 1.807) is 11.3 Å². The van der Waals surface area contributed by atoms with E-state index in [2.05, 4.69) is 28.1 Å². The molecule has 0 spiro atoms. The molecule has 17 heavy (non-hydrogen) atoms. The molecule has 0 radical (unpaired) electrons. The lowest BCUT2D eigenvalue weighted by atomic mass is 10.0. The van der Waals surface area contributed by atoms with Crippen LogP contribution in [0.15, 0.2) is 45.6 Å². The minimum absolute atomic E-state index is 0.239. The van der Waals surface area contributed by atoms with E-state index in [1.165, 1.54) is 5.56 Å². The van der Waals surface area contributed by atoms with Crippen molar-refractivity contribution >= 4 is 33.0 Å². The SMILES string of the molecule is O=C(CCCc1ccccc1)c1csc(Br)c1. The van der Waals surface area contributed by atoms with Gasteiger partial charge in [-0.25, -0.2) is 0 Å². The zero-order valence-corrected chi connectivity index (χ0v) is 11.8. The van der Waals surface area contributed by atoms with Crippen LogP contribution in [0, 0.1) is 0 Å². The summed E-state index contributed by atoms with van der Waals surface area (Å²) in [6.45, 7) is 0. The fourth-order valence-corrected chi connectivity index (χ4v) is 2.86. The second-order valence-corrected chi connectivity index (χ2v) is 6.19. The van der Waals surface area contributed by atoms with Gasteiger partial charge in [0.25, 0.3) is 0 Å². The van der Waals surface area contributed by atoms with Crippen LogP contribution >= 0.6 is 27.3 Å². The van der Waals surface area contributed by atoms with Crippen LogP contribution in [-0.2, 0) is 6.42 Å². The predicted molar refractivity (Wildman–Crippen MR) is 75.7 cm³/mol. The lowest BCUT2D eigenvalue weighted by molar-refractivity contribution is 0.0980. The van der Waals surface area contributed by atoms with E-state index >= 15 is 0 Å². The Hall–Kier alpha value is -0.930. The number of carbonyl (C=O) groups excluding carboxylic acids is 1. The number of halogens is 1. The lowest BCUT2D eigenvalue weighted by Crippen LogP contribution is -1.98. The largest absolute Gasteiger partial charge is 0.294 e. The molecule has 2 aromatic rings. The number of thiophene rings is 1. The Morgan fingerprint density at radius 1 is 1.24 bits per heavy atom. The molecule has 1 aromatic carbocycles. The van der Waals surface area contributed by atoms with E-state index in [1.807, 2.05) is 29.6 Å². The maximum Gasteiger partial charge on any atom is 0.163 e. The highest BCUT2D eigenvalue weighted by atomic mass is 79.9. The van der Waals surface area contributed by atoms with Crippen LogP contribution in [0.4, 0.5) is 0 Å². The molecule has 1 aromatic heterocycles. The van der Waals surface area contributed by atoms with E-state index in [9.17, 15) is 4.79 Å². The van der Waals surface area contributed by atoms with Gasteiger partial charge in [-0.3, -0.25) is 4.79 Å². The fraction of sp³-hybridized carbons (Fsp3) is 0.214. The van der Waals surface area contributed by atoms with Crippen LogP contribution < -0.4 is 0 Å². The maximum atomic E-state index is 11.8. The molecular weight excluding hydrogens is 296 g/mol. The molecule has 0 unspecified atom stereocenters. The highest BCUT2D eigenvalue weighted by Crippen LogP contribution is 2.22. The van der Waals surface area contributed by atoms with Gasteiger partial charge in [0, 0.05) is 17.4 Å². The van der Waals surface area contributed by atoms with Gasteiger partial charge in [-0.1, -0.05) is 30.3 Å². The Morgan fingerprint density at radius 3 is 2.65 bits per heavy atom. The van der Waals surface area contributed by atoms with Crippen molar-refractivity contribution in [1.29, 1.82) is 0 Å². The molecule has 0 aliphatic rings. The van der Waals surface area contributed by atoms with Gasteiger partial charge in [0.1, 0.15) is 0 Å². The number of carbonyl (C=O) groups is 1. The molecule has 0 bridgehead atoms. The van der Waals surface area contributed by atoms with Gasteiger partial charge in [0.05, 0.1) is 3.79 Å². The van der Waals surface area contributed by atoms with Crippen LogP contribution in [0.25, 0.3) is 0 Å². The average molecular weight is 309 g/mol. The van der Waals surface area contributed by atoms with E-state index in [-0.39, 0.29) is 5.78 Å². The molecule has 0 saturated carbocycles. The van der Waals surface area contributed by atoms with Gasteiger partial charge in [-0.15, -0.1) is 11.3 Å². The monoisotopic (exact) mass is 308 g/mol. The number of benzene rings is 1. The summed E-state index contributed by atoms with van der Waals surface area (Å²) < 4.78 is 1.02. The first-order valence-electron chi connectivity index (χ1n) is 5.57. The van der Waals surface area contributed by atoms with Crippen molar-refractivity contribution in [2.75, 3.05) is 0 Å². The molecule has 88 valence electrons. The third-order valence-electron chi connectivity index (χ3n) is 2.60. The molecule has 0 saturated heterocycles. The van der Waals surface area contributed by atoms with Crippen LogP contribution in [0.5, 0.6) is 0 Å². The Balaban J connectivity index is 1.81. The zero-order valence-electron chi connectivity index (χ0n) is 9.36. The average Bonchev–Trinajstić information content (AvgIpc) is 2.77. The molecule has 1 heterocycles. The van der Waals surface area contributed by atoms with Crippen molar-refractivity contribution in [3.63, 3.8) is 0 Å². The summed E-state index contributed by atoms with van der Waals surface area (Å²) in [5.74, 6) is 0.239. The van der Waals surface area contributed by atoms with Crippen molar-refractivity contribution < 1.29 is 4.79 Å². The van der Waals surface area contributed by atoms with E-state index < -0.39 is 0 Å². The van der Waals surface area contributed by atoms with Gasteiger partial charge in [0.15, 0.2) is 5.78 Å². The number of hydrogen-bond acceptors (Lipinski definition) is 2. The molecule has 3 heteroatoms. The third-order valence-corrected chi connectivity index (χ3v) is 4.11. The fourth-order valence-electron chi connectivity index (χ4n) is 1.70. The summed E-state index contributed by atoms with van der Waals surface area (Å²) in [6.07, 6.45) is 2.51. The topological polar surface area (TPSA) is 17.1 Å². The van der Waals surface area contributed by atoms with Crippen LogP contribution in [-0.4, -0.2) is 5.78 Å². The standard InChI is InChI=1S/C14H13BrOS/c15-14-9-12(10-17-14)13(16)8-4-7-11-5-2-1-3-6-11/h1-3,5-6,9-10H,4,7-8H2. The van der Waals surface area contributed by atoms with Gasteiger partial charge < -0.3 is 0 Å². The number of rotatable bonds is 5. The lowest BCUT2D eigenvalue weighted by Gasteiger charge is -2.00. The Labute approximate surface area is 114 Å². The van der Waals surface area contributed by atoms with Crippen molar-refractivity contribution in [3.8, 4) is 0 Å². The molecule has 0 aliphatic heterocycles. The summed E-state index contributed by atoms with van der Waals surface area (Å²) in [4.78, 5) is 11.8. The smallest absolute Gasteiger partial charge is 0.163 e. The Kier molecular flexibility index (Phi) is 4.51. The van der Waals surface area contributed by atoms with E-state index in [0.29, 0.717) is 6.42 Å². The normalized spacial score (nSPS) is 10.4. The summed E-state index contributed by atoms with van der Waals surface area (Å²) >= 11 is 4.93. The molecular formula is C14H13BrOS. The third kappa shape index (κ3) is 3.79. The van der Waals surface area contributed by atoms with Crippen LogP contribution in [0.3, 0.4) is 0 Å². The molecule has 2 rings (SSSR count). The van der Waals surface area contributed by atoms with Gasteiger partial charge >= 0.3 is 0 Å². The van der Waals surface area contributed by atoms with Crippen molar-refractivity contribution in [1.82, 2.24) is 0 Å². The molecule has 1 nitrogen and oxygen atoms in total. The zero-order chi connectivity index (χ0) is 12.1. The first kappa shape index (κ1) is 12.5. The van der Waals surface area contributed by atoms with Crippen molar-refractivity contribution in [2.24, 2.45) is 0 Å². The summed E-state index contributed by atoms with van der Waals surface area (Å²) in [5, 5.41) is 1.91. The predicted octanol–water partition coefficient (Wildman–Crippen LogP) is 4.72. The van der Waals surface area contributed by atoms with Gasteiger partial charge in [0.2, 0.25) is 0 Å². The van der Waals surface area contributed by atoms with Gasteiger partial charge in [-0.05, 0) is 40.4 Å².